The van der Waals surface area contributed by atoms with Gasteiger partial charge < -0.3 is 15.2 Å². The predicted molar refractivity (Wildman–Crippen MR) is 69.0 cm³/mol. The summed E-state index contributed by atoms with van der Waals surface area (Å²) in [7, 11) is 2.58. The summed E-state index contributed by atoms with van der Waals surface area (Å²) in [6, 6.07) is 4.16. The third-order valence-electron chi connectivity index (χ3n) is 2.38. The van der Waals surface area contributed by atoms with Gasteiger partial charge in [0.1, 0.15) is 11.6 Å². The molecular formula is C12H11N3O5. The Morgan fingerprint density at radius 2 is 2.10 bits per heavy atom. The molecule has 0 aliphatic rings. The van der Waals surface area contributed by atoms with Crippen molar-refractivity contribution in [3.8, 4) is 17.6 Å². The number of primary amides is 1. The molecular weight excluding hydrogens is 266 g/mol. The SMILES string of the molecule is COc1cc(/C=C(\C#N)C(N)=O)cc([N+](=O)[O-])c1OC. The number of hydrogen-bond donors (Lipinski definition) is 1. The second kappa shape index (κ2) is 6.19. The third-order valence-corrected chi connectivity index (χ3v) is 2.38. The number of amides is 1. The summed E-state index contributed by atoms with van der Waals surface area (Å²) in [5.74, 6) is -0.869. The van der Waals surface area contributed by atoms with Gasteiger partial charge in [0.05, 0.1) is 19.1 Å². The minimum Gasteiger partial charge on any atom is -0.493 e. The Bertz CT molecular complexity index is 631. The predicted octanol–water partition coefficient (Wildman–Crippen LogP) is 1.00. The normalized spacial score (nSPS) is 10.6. The van der Waals surface area contributed by atoms with E-state index in [0.29, 0.717) is 0 Å². The van der Waals surface area contributed by atoms with E-state index in [1.54, 1.807) is 6.07 Å². The van der Waals surface area contributed by atoms with E-state index in [-0.39, 0.29) is 28.3 Å². The molecule has 0 heterocycles. The topological polar surface area (TPSA) is 128 Å². The van der Waals surface area contributed by atoms with E-state index in [9.17, 15) is 14.9 Å². The van der Waals surface area contributed by atoms with E-state index in [4.69, 9.17) is 20.5 Å². The molecule has 0 saturated carbocycles. The summed E-state index contributed by atoms with van der Waals surface area (Å²) in [5, 5.41) is 19.7. The molecule has 0 aromatic heterocycles. The Balaban J connectivity index is 3.52. The lowest BCUT2D eigenvalue weighted by atomic mass is 10.1. The van der Waals surface area contributed by atoms with Crippen LogP contribution in [0.3, 0.4) is 0 Å². The number of nitriles is 1. The summed E-state index contributed by atoms with van der Waals surface area (Å²) in [6.07, 6.45) is 1.14. The van der Waals surface area contributed by atoms with Gasteiger partial charge in [0.2, 0.25) is 5.75 Å². The zero-order valence-electron chi connectivity index (χ0n) is 10.7. The Hall–Kier alpha value is -3.08. The van der Waals surface area contributed by atoms with E-state index in [1.807, 2.05) is 0 Å². The van der Waals surface area contributed by atoms with Crippen LogP contribution in [0.5, 0.6) is 11.5 Å². The first-order chi connectivity index (χ1) is 9.44. The fraction of sp³-hybridized carbons (Fsp3) is 0.167. The van der Waals surface area contributed by atoms with Crippen molar-refractivity contribution in [2.24, 2.45) is 5.73 Å². The van der Waals surface area contributed by atoms with Crippen LogP contribution in [0.15, 0.2) is 17.7 Å². The van der Waals surface area contributed by atoms with Gasteiger partial charge in [0.25, 0.3) is 5.91 Å². The lowest BCUT2D eigenvalue weighted by Gasteiger charge is -2.08. The summed E-state index contributed by atoms with van der Waals surface area (Å²) in [6.45, 7) is 0. The first-order valence-corrected chi connectivity index (χ1v) is 5.26. The molecule has 0 atom stereocenters. The summed E-state index contributed by atoms with van der Waals surface area (Å²) in [4.78, 5) is 21.3. The van der Waals surface area contributed by atoms with Crippen LogP contribution in [0.4, 0.5) is 5.69 Å². The molecule has 8 heteroatoms. The summed E-state index contributed by atoms with van der Waals surface area (Å²) in [5.41, 5.74) is 4.55. The molecule has 0 aliphatic carbocycles. The molecule has 104 valence electrons. The highest BCUT2D eigenvalue weighted by Crippen LogP contribution is 2.38. The number of ether oxygens (including phenoxy) is 2. The fourth-order valence-electron chi connectivity index (χ4n) is 1.51. The van der Waals surface area contributed by atoms with Crippen molar-refractivity contribution in [2.75, 3.05) is 14.2 Å². The molecule has 2 N–H and O–H groups in total. The number of rotatable bonds is 5. The van der Waals surface area contributed by atoms with Crippen LogP contribution in [0, 0.1) is 21.4 Å². The van der Waals surface area contributed by atoms with Crippen LogP contribution in [-0.2, 0) is 4.79 Å². The monoisotopic (exact) mass is 277 g/mol. The molecule has 0 radical (unpaired) electrons. The van der Waals surface area contributed by atoms with Crippen LogP contribution in [0.1, 0.15) is 5.56 Å². The van der Waals surface area contributed by atoms with Crippen LogP contribution in [0.2, 0.25) is 0 Å². The van der Waals surface area contributed by atoms with E-state index >= 15 is 0 Å². The molecule has 8 nitrogen and oxygen atoms in total. The third kappa shape index (κ3) is 3.02. The maximum Gasteiger partial charge on any atom is 0.315 e. The van der Waals surface area contributed by atoms with Gasteiger partial charge in [-0.05, 0) is 17.7 Å². The quantitative estimate of drug-likeness (QED) is 0.370. The molecule has 1 aromatic carbocycles. The van der Waals surface area contributed by atoms with Gasteiger partial charge in [-0.3, -0.25) is 14.9 Å². The molecule has 0 fully saturated rings. The molecule has 0 unspecified atom stereocenters. The number of nitro benzene ring substituents is 1. The van der Waals surface area contributed by atoms with Gasteiger partial charge >= 0.3 is 5.69 Å². The van der Waals surface area contributed by atoms with Crippen molar-refractivity contribution in [3.05, 3.63) is 33.4 Å². The highest BCUT2D eigenvalue weighted by atomic mass is 16.6. The Morgan fingerprint density at radius 3 is 2.50 bits per heavy atom. The van der Waals surface area contributed by atoms with Crippen molar-refractivity contribution >= 4 is 17.7 Å². The van der Waals surface area contributed by atoms with Crippen LogP contribution in [0.25, 0.3) is 6.08 Å². The minimum absolute atomic E-state index is 0.0489. The number of benzene rings is 1. The number of methoxy groups -OCH3 is 2. The molecule has 0 aliphatic heterocycles. The average molecular weight is 277 g/mol. The number of hydrogen-bond acceptors (Lipinski definition) is 6. The van der Waals surface area contributed by atoms with Crippen molar-refractivity contribution in [1.29, 1.82) is 5.26 Å². The van der Waals surface area contributed by atoms with Gasteiger partial charge in [0.15, 0.2) is 5.75 Å². The smallest absolute Gasteiger partial charge is 0.315 e. The Kier molecular flexibility index (Phi) is 4.64. The second-order valence-electron chi connectivity index (χ2n) is 3.57. The maximum atomic E-state index is 11.0. The number of nitrogens with zero attached hydrogens (tertiary/aromatic N) is 2. The Morgan fingerprint density at radius 1 is 1.45 bits per heavy atom. The molecule has 1 amide bonds. The average Bonchev–Trinajstić information content (AvgIpc) is 2.42. The molecule has 0 spiro atoms. The first-order valence-electron chi connectivity index (χ1n) is 5.26. The largest absolute Gasteiger partial charge is 0.493 e. The standard InChI is InChI=1S/C12H11N3O5/c1-19-10-5-7(3-8(6-13)12(14)16)4-9(15(17)18)11(10)20-2/h3-5H,1-2H3,(H2,14,16)/b8-3+. The van der Waals surface area contributed by atoms with Gasteiger partial charge in [-0.2, -0.15) is 5.26 Å². The van der Waals surface area contributed by atoms with Crippen molar-refractivity contribution in [1.82, 2.24) is 0 Å². The number of nitrogens with two attached hydrogens (primary N) is 1. The lowest BCUT2D eigenvalue weighted by Crippen LogP contribution is -2.12. The van der Waals surface area contributed by atoms with Gasteiger partial charge in [0, 0.05) is 6.07 Å². The van der Waals surface area contributed by atoms with Crippen molar-refractivity contribution in [3.63, 3.8) is 0 Å². The van der Waals surface area contributed by atoms with Gasteiger partial charge in [-0.1, -0.05) is 0 Å². The Labute approximate surface area is 114 Å². The molecule has 0 saturated heterocycles. The molecule has 1 rings (SSSR count). The van der Waals surface area contributed by atoms with Crippen molar-refractivity contribution < 1.29 is 19.2 Å². The number of nitro groups is 1. The fourth-order valence-corrected chi connectivity index (χ4v) is 1.51. The second-order valence-corrected chi connectivity index (χ2v) is 3.57. The van der Waals surface area contributed by atoms with Gasteiger partial charge in [-0.25, -0.2) is 0 Å². The summed E-state index contributed by atoms with van der Waals surface area (Å²) < 4.78 is 9.90. The number of carbonyl (C=O) groups excluding carboxylic acids is 1. The zero-order valence-corrected chi connectivity index (χ0v) is 10.7. The van der Waals surface area contributed by atoms with E-state index in [1.165, 1.54) is 20.3 Å². The highest BCUT2D eigenvalue weighted by molar-refractivity contribution is 6.00. The maximum absolute atomic E-state index is 11.0. The molecule has 0 bridgehead atoms. The van der Waals surface area contributed by atoms with Gasteiger partial charge in [-0.15, -0.1) is 0 Å². The zero-order chi connectivity index (χ0) is 15.3. The van der Waals surface area contributed by atoms with Crippen molar-refractivity contribution in [2.45, 2.75) is 0 Å². The van der Waals surface area contributed by atoms with E-state index in [2.05, 4.69) is 0 Å². The van der Waals surface area contributed by atoms with Crippen LogP contribution >= 0.6 is 0 Å². The van der Waals surface area contributed by atoms with Crippen LogP contribution < -0.4 is 15.2 Å². The van der Waals surface area contributed by atoms with E-state index in [0.717, 1.165) is 12.1 Å². The first kappa shape index (κ1) is 15.0. The summed E-state index contributed by atoms with van der Waals surface area (Å²) >= 11 is 0. The molecule has 20 heavy (non-hydrogen) atoms. The molecule has 1 aromatic rings. The number of carbonyl (C=O) groups is 1. The van der Waals surface area contributed by atoms with E-state index < -0.39 is 10.8 Å². The minimum atomic E-state index is -0.926. The highest BCUT2D eigenvalue weighted by Gasteiger charge is 2.21. The lowest BCUT2D eigenvalue weighted by molar-refractivity contribution is -0.385. The van der Waals surface area contributed by atoms with Crippen LogP contribution in [-0.4, -0.2) is 25.1 Å².